The van der Waals surface area contributed by atoms with E-state index in [1.54, 1.807) is 19.4 Å². The molecule has 10 nitrogen and oxygen atoms in total. The number of hydrogen-bond acceptors (Lipinski definition) is 9. The highest BCUT2D eigenvalue weighted by Crippen LogP contribution is 2.33. The van der Waals surface area contributed by atoms with Crippen molar-refractivity contribution < 1.29 is 18.7 Å². The van der Waals surface area contributed by atoms with Gasteiger partial charge in [0, 0.05) is 26.4 Å². The number of aryl methyl sites for hydroxylation is 1. The summed E-state index contributed by atoms with van der Waals surface area (Å²) >= 11 is 7.33. The van der Waals surface area contributed by atoms with Crippen molar-refractivity contribution in [3.05, 3.63) is 39.5 Å². The van der Waals surface area contributed by atoms with Crippen molar-refractivity contribution in [1.82, 2.24) is 14.8 Å². The van der Waals surface area contributed by atoms with E-state index in [1.807, 2.05) is 11.6 Å². The lowest BCUT2D eigenvalue weighted by Crippen LogP contribution is -2.44. The Morgan fingerprint density at radius 2 is 2.16 bits per heavy atom. The molecule has 164 valence electrons. The number of rotatable bonds is 7. The summed E-state index contributed by atoms with van der Waals surface area (Å²) in [5.74, 6) is -0.828. The van der Waals surface area contributed by atoms with Crippen molar-refractivity contribution in [1.29, 1.82) is 0 Å². The van der Waals surface area contributed by atoms with Crippen LogP contribution in [-0.2, 0) is 11.8 Å². The maximum Gasteiger partial charge on any atom is 0.381 e. The summed E-state index contributed by atoms with van der Waals surface area (Å²) in [6.07, 6.45) is 3.61. The Morgan fingerprint density at radius 3 is 2.77 bits per heavy atom. The van der Waals surface area contributed by atoms with Gasteiger partial charge in [-0.25, -0.2) is 4.79 Å². The van der Waals surface area contributed by atoms with Gasteiger partial charge in [0.1, 0.15) is 0 Å². The summed E-state index contributed by atoms with van der Waals surface area (Å²) in [6.45, 7) is 0. The van der Waals surface area contributed by atoms with Crippen LogP contribution < -0.4 is 21.0 Å². The Morgan fingerprint density at radius 1 is 1.35 bits per heavy atom. The molecule has 1 aliphatic rings. The van der Waals surface area contributed by atoms with E-state index >= 15 is 0 Å². The second-order valence-corrected chi connectivity index (χ2v) is 8.32. The first-order valence-electron chi connectivity index (χ1n) is 9.38. The van der Waals surface area contributed by atoms with Crippen LogP contribution in [-0.4, -0.2) is 47.0 Å². The highest BCUT2D eigenvalue weighted by atomic mass is 35.5. The lowest BCUT2D eigenvalue weighted by molar-refractivity contribution is 0.0285. The number of carbonyl (C=O) groups is 1. The average molecular weight is 466 g/mol. The number of nitrogens with one attached hydrogen (secondary N) is 2. The molecule has 3 aromatic heterocycles. The van der Waals surface area contributed by atoms with Crippen molar-refractivity contribution in [2.45, 2.75) is 25.0 Å². The predicted molar refractivity (Wildman–Crippen MR) is 116 cm³/mol. The maximum atomic E-state index is 12.7. The quantitative estimate of drug-likeness (QED) is 0.546. The molecule has 1 fully saturated rings. The van der Waals surface area contributed by atoms with Gasteiger partial charge in [0.05, 0.1) is 35.7 Å². The fourth-order valence-electron chi connectivity index (χ4n) is 3.29. The molecule has 2 atom stereocenters. The van der Waals surface area contributed by atoms with E-state index < -0.39 is 11.5 Å². The Balaban J connectivity index is 1.55. The molecule has 0 unspecified atom stereocenters. The van der Waals surface area contributed by atoms with E-state index in [-0.39, 0.29) is 28.8 Å². The summed E-state index contributed by atoms with van der Waals surface area (Å²) in [7, 11) is 4.83. The molecule has 3 heterocycles. The Hall–Kier alpha value is -2.89. The summed E-state index contributed by atoms with van der Waals surface area (Å²) < 4.78 is 17.5. The Labute approximate surface area is 186 Å². The van der Waals surface area contributed by atoms with E-state index in [4.69, 9.17) is 25.5 Å². The zero-order valence-corrected chi connectivity index (χ0v) is 18.5. The molecule has 4 rings (SSSR count). The van der Waals surface area contributed by atoms with Gasteiger partial charge in [0.15, 0.2) is 10.8 Å². The van der Waals surface area contributed by atoms with Crippen LogP contribution >= 0.6 is 22.9 Å². The van der Waals surface area contributed by atoms with Gasteiger partial charge in [-0.05, 0) is 18.9 Å². The van der Waals surface area contributed by atoms with Gasteiger partial charge in [-0.2, -0.15) is 0 Å². The number of carbonyl (C=O) groups excluding carboxylic acids is 1. The van der Waals surface area contributed by atoms with Crippen LogP contribution in [0.25, 0.3) is 10.7 Å². The summed E-state index contributed by atoms with van der Waals surface area (Å²) in [5, 5.41) is 15.2. The van der Waals surface area contributed by atoms with Crippen LogP contribution in [0.3, 0.4) is 0 Å². The molecule has 0 aliphatic heterocycles. The Bertz CT molecular complexity index is 1150. The van der Waals surface area contributed by atoms with E-state index in [0.717, 1.165) is 24.2 Å². The second kappa shape index (κ2) is 8.69. The van der Waals surface area contributed by atoms with Gasteiger partial charge in [-0.15, -0.1) is 10.2 Å². The van der Waals surface area contributed by atoms with Crippen LogP contribution in [0.4, 0.5) is 10.8 Å². The number of nitrogens with zero attached hydrogens (tertiary/aromatic N) is 3. The lowest BCUT2D eigenvalue weighted by Gasteiger charge is -2.36. The first-order chi connectivity index (χ1) is 14.9. The predicted octanol–water partition coefficient (Wildman–Crippen LogP) is 3.00. The topological polar surface area (TPSA) is 121 Å². The Kier molecular flexibility index (Phi) is 5.99. The second-order valence-electron chi connectivity index (χ2n) is 6.94. The van der Waals surface area contributed by atoms with Gasteiger partial charge in [-0.3, -0.25) is 10.1 Å². The summed E-state index contributed by atoms with van der Waals surface area (Å²) in [6, 6.07) is 3.18. The van der Waals surface area contributed by atoms with E-state index in [0.29, 0.717) is 21.4 Å². The monoisotopic (exact) mass is 465 g/mol. The first-order valence-corrected chi connectivity index (χ1v) is 10.6. The van der Waals surface area contributed by atoms with Crippen molar-refractivity contribution >= 4 is 39.7 Å². The third-order valence-electron chi connectivity index (χ3n) is 5.06. The molecular formula is C19H20ClN5O5S. The third-order valence-corrected chi connectivity index (χ3v) is 6.21. The van der Waals surface area contributed by atoms with E-state index in [2.05, 4.69) is 20.8 Å². The minimum absolute atomic E-state index is 0.00476. The number of anilines is 2. The average Bonchev–Trinajstić information content (AvgIpc) is 3.30. The fraction of sp³-hybridized carbons (Fsp3) is 0.368. The van der Waals surface area contributed by atoms with E-state index in [1.165, 1.54) is 13.2 Å². The lowest BCUT2D eigenvalue weighted by atomic mass is 9.89. The molecule has 0 aromatic carbocycles. The number of ether oxygens (including phenoxy) is 2. The molecule has 0 spiro atoms. The highest BCUT2D eigenvalue weighted by Gasteiger charge is 2.32. The third kappa shape index (κ3) is 4.16. The van der Waals surface area contributed by atoms with Crippen LogP contribution in [0.2, 0.25) is 5.02 Å². The largest absolute Gasteiger partial charge is 0.488 e. The van der Waals surface area contributed by atoms with Gasteiger partial charge in [-0.1, -0.05) is 22.9 Å². The smallest absolute Gasteiger partial charge is 0.381 e. The number of amides is 1. The normalized spacial score (nSPS) is 17.8. The van der Waals surface area contributed by atoms with Gasteiger partial charge >= 0.3 is 5.63 Å². The summed E-state index contributed by atoms with van der Waals surface area (Å²) in [4.78, 5) is 25.0. The zero-order valence-electron chi connectivity index (χ0n) is 17.0. The maximum absolute atomic E-state index is 12.7. The van der Waals surface area contributed by atoms with Crippen molar-refractivity contribution in [2.24, 2.45) is 7.05 Å². The minimum atomic E-state index is -0.764. The zero-order chi connectivity index (χ0) is 22.1. The standard InChI is InChI=1S/C19H20ClN5O5S/c1-25-7-6-9(20)14(25)17-23-24-19(31-17)22-16(26)13-8-11(15(29-3)18(27)30-13)21-10-4-5-12(10)28-2/h6-8,10,12,21H,4-5H2,1-3H3,(H,22,24,26)/t10-,12+/m1/s1. The van der Waals surface area contributed by atoms with Gasteiger partial charge < -0.3 is 23.8 Å². The summed E-state index contributed by atoms with van der Waals surface area (Å²) in [5.41, 5.74) is 0.291. The molecule has 2 N–H and O–H groups in total. The van der Waals surface area contributed by atoms with Crippen LogP contribution in [0, 0.1) is 0 Å². The van der Waals surface area contributed by atoms with Crippen molar-refractivity contribution in [2.75, 3.05) is 24.9 Å². The molecule has 3 aromatic rings. The number of hydrogen-bond donors (Lipinski definition) is 2. The molecule has 1 saturated carbocycles. The van der Waals surface area contributed by atoms with Crippen molar-refractivity contribution in [3.8, 4) is 16.5 Å². The molecule has 31 heavy (non-hydrogen) atoms. The SMILES string of the molecule is COc1c(N[C@@H]2CC[C@@H]2OC)cc(C(=O)Nc2nnc(-c3c(Cl)ccn3C)s2)oc1=O. The molecule has 0 bridgehead atoms. The molecule has 0 saturated heterocycles. The van der Waals surface area contributed by atoms with Crippen LogP contribution in [0.15, 0.2) is 27.5 Å². The molecular weight excluding hydrogens is 446 g/mol. The number of methoxy groups -OCH3 is 2. The highest BCUT2D eigenvalue weighted by molar-refractivity contribution is 7.18. The molecule has 0 radical (unpaired) electrons. The van der Waals surface area contributed by atoms with Gasteiger partial charge in [0.25, 0.3) is 5.91 Å². The fourth-order valence-corrected chi connectivity index (χ4v) is 4.47. The van der Waals surface area contributed by atoms with E-state index in [9.17, 15) is 9.59 Å². The molecule has 12 heteroatoms. The molecule has 1 aliphatic carbocycles. The van der Waals surface area contributed by atoms with Gasteiger partial charge in [0.2, 0.25) is 10.9 Å². The number of aromatic nitrogens is 3. The molecule has 1 amide bonds. The minimum Gasteiger partial charge on any atom is -0.488 e. The van der Waals surface area contributed by atoms with Crippen molar-refractivity contribution in [3.63, 3.8) is 0 Å². The van der Waals surface area contributed by atoms with Crippen LogP contribution in [0.5, 0.6) is 5.75 Å². The number of halogens is 1. The first kappa shape index (κ1) is 21.3. The van der Waals surface area contributed by atoms with Crippen LogP contribution in [0.1, 0.15) is 23.4 Å².